The summed E-state index contributed by atoms with van der Waals surface area (Å²) in [7, 11) is -4.52. The molecule has 0 unspecified atom stereocenters. The fourth-order valence-corrected chi connectivity index (χ4v) is 1.19. The average Bonchev–Trinajstić information content (AvgIpc) is 2.19. The highest BCUT2D eigenvalue weighted by Crippen LogP contribution is 2.38. The highest BCUT2D eigenvalue weighted by molar-refractivity contribution is 6.50. The molecule has 0 radical (unpaired) electrons. The summed E-state index contributed by atoms with van der Waals surface area (Å²) >= 11 is 11.5. The van der Waals surface area contributed by atoms with Gasteiger partial charge in [-0.1, -0.05) is 23.2 Å². The maximum absolute atomic E-state index is 9.75. The summed E-state index contributed by atoms with van der Waals surface area (Å²) in [5.41, 5.74) is 0.225. The first-order valence-corrected chi connectivity index (χ1v) is 4.70. The second kappa shape index (κ2) is 6.52. The molecule has 17 heavy (non-hydrogen) atoms. The van der Waals surface area contributed by atoms with Crippen LogP contribution in [0.25, 0.3) is 4.98 Å². The molecule has 0 saturated carbocycles. The summed E-state index contributed by atoms with van der Waals surface area (Å²) in [6.45, 7) is 0. The number of benzene rings is 1. The first kappa shape index (κ1) is 15.8. The van der Waals surface area contributed by atoms with E-state index in [9.17, 15) is 17.3 Å². The number of hydrogen-bond donors (Lipinski definition) is 0. The summed E-state index contributed by atoms with van der Waals surface area (Å²) in [6, 6.07) is 3.08. The lowest BCUT2D eigenvalue weighted by Gasteiger charge is -2.00. The third-order valence-electron chi connectivity index (χ3n) is 1.35. The Morgan fingerprint density at radius 2 is 1.65 bits per heavy atom. The monoisotopic (exact) mass is 290 g/mol. The molecule has 0 aromatic heterocycles. The third kappa shape index (κ3) is 6.19. The van der Waals surface area contributed by atoms with E-state index in [4.69, 9.17) is 33.3 Å². The molecule has 0 atom stereocenters. The Morgan fingerprint density at radius 3 is 2.00 bits per heavy atom. The minimum absolute atomic E-state index is 0.179. The van der Waals surface area contributed by atoms with Crippen LogP contribution in [-0.4, -0.2) is 14.4 Å². The smallest absolute Gasteiger partial charge is 0.495 e. The Hall–Kier alpha value is -1.20. The molecule has 0 aliphatic rings. The molecular formula is C7H5BCl2F4N2O. The van der Waals surface area contributed by atoms with Crippen LogP contribution in [-0.2, 0) is 0 Å². The van der Waals surface area contributed by atoms with Crippen LogP contribution >= 0.6 is 23.2 Å². The van der Waals surface area contributed by atoms with Crippen molar-refractivity contribution >= 4 is 36.1 Å². The van der Waals surface area contributed by atoms with E-state index < -0.39 is 7.25 Å². The first-order chi connectivity index (χ1) is 7.70. The van der Waals surface area contributed by atoms with Crippen molar-refractivity contribution in [2.45, 2.75) is 0 Å². The van der Waals surface area contributed by atoms with Crippen LogP contribution in [0, 0.1) is 5.39 Å². The Bertz CT molecular complexity index is 429. The number of hydrogen-bond acceptors (Lipinski definition) is 2. The summed E-state index contributed by atoms with van der Waals surface area (Å²) in [6.07, 6.45) is 0. The minimum Gasteiger partial charge on any atom is -0.495 e. The summed E-state index contributed by atoms with van der Waals surface area (Å²) < 4.78 is 43.9. The van der Waals surface area contributed by atoms with Gasteiger partial charge in [-0.15, -0.1) is 0 Å². The normalized spacial score (nSPS) is 10.0. The van der Waals surface area contributed by atoms with Crippen molar-refractivity contribution in [2.75, 3.05) is 7.11 Å². The van der Waals surface area contributed by atoms with Crippen LogP contribution in [0.15, 0.2) is 12.1 Å². The van der Waals surface area contributed by atoms with Gasteiger partial charge in [0.25, 0.3) is 0 Å². The van der Waals surface area contributed by atoms with Gasteiger partial charge in [-0.3, -0.25) is 0 Å². The van der Waals surface area contributed by atoms with Crippen LogP contribution in [0.5, 0.6) is 5.75 Å². The fourth-order valence-electron chi connectivity index (χ4n) is 0.756. The number of ether oxygens (including phenoxy) is 1. The molecule has 1 rings (SSSR count). The van der Waals surface area contributed by atoms with Crippen LogP contribution < -0.4 is 4.74 Å². The van der Waals surface area contributed by atoms with Gasteiger partial charge < -0.3 is 22.0 Å². The zero-order chi connectivity index (χ0) is 13.6. The molecule has 0 aliphatic carbocycles. The Morgan fingerprint density at radius 1 is 1.18 bits per heavy atom. The van der Waals surface area contributed by atoms with Crippen LogP contribution in [0.4, 0.5) is 23.0 Å². The third-order valence-corrected chi connectivity index (χ3v) is 2.21. The molecule has 0 fully saturated rings. The number of nitrogens with zero attached hydrogens (tertiary/aromatic N) is 2. The van der Waals surface area contributed by atoms with Crippen molar-refractivity contribution in [3.63, 3.8) is 0 Å². The highest BCUT2D eigenvalue weighted by atomic mass is 35.5. The molecule has 0 N–H and O–H groups in total. The molecule has 10 heteroatoms. The molecule has 3 nitrogen and oxygen atoms in total. The van der Waals surface area contributed by atoms with E-state index in [-0.39, 0.29) is 15.7 Å². The maximum atomic E-state index is 9.75. The molecule has 0 spiro atoms. The number of halogens is 6. The summed E-state index contributed by atoms with van der Waals surface area (Å²) in [5.74, 6) is 0.453. The second-order valence-electron chi connectivity index (χ2n) is 2.51. The number of methoxy groups -OCH3 is 1. The summed E-state index contributed by atoms with van der Waals surface area (Å²) in [4.78, 5) is 2.93. The first-order valence-electron chi connectivity index (χ1n) is 3.95. The number of diazo groups is 1. The topological polar surface area (TPSA) is 37.4 Å². The van der Waals surface area contributed by atoms with Gasteiger partial charge in [-0.2, -0.15) is 0 Å². The summed E-state index contributed by atoms with van der Waals surface area (Å²) in [5, 5.41) is 8.87. The molecular weight excluding hydrogens is 286 g/mol. The van der Waals surface area contributed by atoms with E-state index in [1.54, 1.807) is 6.07 Å². The molecule has 0 bridgehead atoms. The van der Waals surface area contributed by atoms with E-state index in [1.807, 2.05) is 0 Å². The van der Waals surface area contributed by atoms with Gasteiger partial charge in [-0.25, -0.2) is 0 Å². The molecule has 0 aliphatic heterocycles. The van der Waals surface area contributed by atoms with Crippen LogP contribution in [0.1, 0.15) is 0 Å². The van der Waals surface area contributed by atoms with Crippen molar-refractivity contribution in [3.05, 3.63) is 27.2 Å². The Labute approximate surface area is 104 Å². The zero-order valence-corrected chi connectivity index (χ0v) is 9.81. The average molecular weight is 291 g/mol. The van der Waals surface area contributed by atoms with E-state index in [1.165, 1.54) is 13.2 Å². The van der Waals surface area contributed by atoms with Crippen molar-refractivity contribution in [1.29, 1.82) is 5.39 Å². The van der Waals surface area contributed by atoms with Crippen molar-refractivity contribution in [2.24, 2.45) is 0 Å². The molecule has 94 valence electrons. The SMILES string of the molecule is COc1ccc([N+]#N)c(Cl)c1Cl.F[B-](F)(F)F. The van der Waals surface area contributed by atoms with E-state index in [2.05, 4.69) is 4.98 Å². The molecule has 1 aromatic rings. The predicted molar refractivity (Wildman–Crippen MR) is 57.9 cm³/mol. The Kier molecular flexibility index (Phi) is 6.06. The fraction of sp³-hybridized carbons (Fsp3) is 0.143. The zero-order valence-electron chi connectivity index (χ0n) is 8.30. The lowest BCUT2D eigenvalue weighted by molar-refractivity contribution is 0.368. The number of rotatable bonds is 1. The van der Waals surface area contributed by atoms with Gasteiger partial charge in [0.05, 0.1) is 7.11 Å². The van der Waals surface area contributed by atoms with Crippen molar-refractivity contribution in [1.82, 2.24) is 0 Å². The van der Waals surface area contributed by atoms with Crippen LogP contribution in [0.3, 0.4) is 0 Å². The largest absolute Gasteiger partial charge is 0.673 e. The molecule has 0 heterocycles. The van der Waals surface area contributed by atoms with Gasteiger partial charge in [0, 0.05) is 6.07 Å². The minimum atomic E-state index is -6.00. The Balaban J connectivity index is 0.000000437. The molecule has 0 saturated heterocycles. The lowest BCUT2D eigenvalue weighted by atomic mass is 10.3. The quantitative estimate of drug-likeness (QED) is 0.424. The second-order valence-corrected chi connectivity index (χ2v) is 3.27. The lowest BCUT2D eigenvalue weighted by Crippen LogP contribution is -2.02. The van der Waals surface area contributed by atoms with Crippen molar-refractivity contribution in [3.8, 4) is 5.75 Å². The maximum Gasteiger partial charge on any atom is 0.673 e. The van der Waals surface area contributed by atoms with E-state index in [0.717, 1.165) is 0 Å². The van der Waals surface area contributed by atoms with E-state index in [0.29, 0.717) is 5.75 Å². The van der Waals surface area contributed by atoms with Gasteiger partial charge in [0.1, 0.15) is 10.8 Å². The van der Waals surface area contributed by atoms with E-state index >= 15 is 0 Å². The van der Waals surface area contributed by atoms with Gasteiger partial charge >= 0.3 is 12.9 Å². The van der Waals surface area contributed by atoms with Crippen LogP contribution in [0.2, 0.25) is 10.0 Å². The van der Waals surface area contributed by atoms with Gasteiger partial charge in [0.15, 0.2) is 10.00 Å². The molecule has 1 aromatic carbocycles. The predicted octanol–water partition coefficient (Wildman–Crippen LogP) is 4.79. The highest BCUT2D eigenvalue weighted by Gasteiger charge is 2.20. The van der Waals surface area contributed by atoms with Gasteiger partial charge in [0.2, 0.25) is 5.39 Å². The molecule has 0 amide bonds. The standard InChI is InChI=1S/C7H5Cl2N2O.BF4/c1-12-5-3-2-4(11-10)6(8)7(5)9;2-1(3,4)5/h2-3H,1H3;/q+1;-1. The van der Waals surface area contributed by atoms with Gasteiger partial charge in [-0.05, 0) is 6.07 Å². The van der Waals surface area contributed by atoms with Crippen molar-refractivity contribution < 1.29 is 22.0 Å².